The molecule has 0 saturated carbocycles. The highest BCUT2D eigenvalue weighted by atomic mass is 16.5. The standard InChI is InChI=1S/C21H20N2O4/c1-11-8-12(2)18-16(9-11)17(6-7-27-18)22-19(24)13-4-5-14-15(10-13)21(26)23(3)20(14)25/h4-5,8-10,17H,6-7H2,1-3H3,(H,22,24). The fourth-order valence-corrected chi connectivity index (χ4v) is 3.77. The molecule has 27 heavy (non-hydrogen) atoms. The predicted molar refractivity (Wildman–Crippen MR) is 99.1 cm³/mol. The summed E-state index contributed by atoms with van der Waals surface area (Å²) in [7, 11) is 1.44. The van der Waals surface area contributed by atoms with Crippen molar-refractivity contribution in [3.8, 4) is 5.75 Å². The third-order valence-electron chi connectivity index (χ3n) is 5.13. The number of fused-ring (bicyclic) bond motifs is 2. The molecule has 6 heteroatoms. The Morgan fingerprint density at radius 1 is 1.11 bits per heavy atom. The zero-order valence-electron chi connectivity index (χ0n) is 15.5. The molecule has 1 atom stereocenters. The number of carbonyl (C=O) groups is 3. The Hall–Kier alpha value is -3.15. The van der Waals surface area contributed by atoms with Gasteiger partial charge in [0, 0.05) is 24.6 Å². The van der Waals surface area contributed by atoms with Crippen molar-refractivity contribution in [2.75, 3.05) is 13.7 Å². The van der Waals surface area contributed by atoms with Crippen molar-refractivity contribution in [3.63, 3.8) is 0 Å². The molecule has 0 saturated heterocycles. The van der Waals surface area contributed by atoms with Crippen LogP contribution in [0.25, 0.3) is 0 Å². The average Bonchev–Trinajstić information content (AvgIpc) is 2.86. The third-order valence-corrected chi connectivity index (χ3v) is 5.13. The maximum atomic E-state index is 12.8. The van der Waals surface area contributed by atoms with Crippen LogP contribution in [0.5, 0.6) is 5.75 Å². The fourth-order valence-electron chi connectivity index (χ4n) is 3.77. The lowest BCUT2D eigenvalue weighted by Gasteiger charge is -2.28. The minimum absolute atomic E-state index is 0.159. The Kier molecular flexibility index (Phi) is 3.98. The Labute approximate surface area is 157 Å². The summed E-state index contributed by atoms with van der Waals surface area (Å²) in [5, 5.41) is 3.05. The van der Waals surface area contributed by atoms with E-state index in [1.807, 2.05) is 19.9 Å². The van der Waals surface area contributed by atoms with Crippen molar-refractivity contribution in [1.82, 2.24) is 10.2 Å². The van der Waals surface area contributed by atoms with E-state index in [4.69, 9.17) is 4.74 Å². The third kappa shape index (κ3) is 2.77. The summed E-state index contributed by atoms with van der Waals surface area (Å²) in [6, 6.07) is 8.55. The Morgan fingerprint density at radius 3 is 2.63 bits per heavy atom. The number of carbonyl (C=O) groups excluding carboxylic acids is 3. The molecule has 2 aliphatic heterocycles. The molecular weight excluding hydrogens is 344 g/mol. The number of rotatable bonds is 2. The second-order valence-corrected chi connectivity index (χ2v) is 7.09. The summed E-state index contributed by atoms with van der Waals surface area (Å²) in [5.74, 6) is -0.170. The number of nitrogens with one attached hydrogen (secondary N) is 1. The SMILES string of the molecule is Cc1cc(C)c2c(c1)C(NC(=O)c1ccc3c(c1)C(=O)N(C)C3=O)CCO2. The molecule has 1 N–H and O–H groups in total. The normalized spacial score (nSPS) is 18.0. The molecule has 2 heterocycles. The maximum Gasteiger partial charge on any atom is 0.261 e. The summed E-state index contributed by atoms with van der Waals surface area (Å²) in [4.78, 5) is 38.0. The minimum Gasteiger partial charge on any atom is -0.493 e. The maximum absolute atomic E-state index is 12.8. The number of nitrogens with zero attached hydrogens (tertiary/aromatic N) is 1. The molecule has 0 radical (unpaired) electrons. The van der Waals surface area contributed by atoms with Gasteiger partial charge in [-0.1, -0.05) is 17.7 Å². The monoisotopic (exact) mass is 364 g/mol. The van der Waals surface area contributed by atoms with Crippen LogP contribution < -0.4 is 10.1 Å². The molecule has 138 valence electrons. The van der Waals surface area contributed by atoms with E-state index >= 15 is 0 Å². The second kappa shape index (κ2) is 6.23. The zero-order valence-corrected chi connectivity index (χ0v) is 15.5. The Morgan fingerprint density at radius 2 is 1.85 bits per heavy atom. The first kappa shape index (κ1) is 17.3. The number of hydrogen-bond donors (Lipinski definition) is 1. The lowest BCUT2D eigenvalue weighted by Crippen LogP contribution is -2.32. The topological polar surface area (TPSA) is 75.7 Å². The molecule has 3 amide bonds. The zero-order chi connectivity index (χ0) is 19.3. The lowest BCUT2D eigenvalue weighted by molar-refractivity contribution is 0.0693. The first-order valence-corrected chi connectivity index (χ1v) is 8.88. The molecule has 1 unspecified atom stereocenters. The number of hydrogen-bond acceptors (Lipinski definition) is 4. The van der Waals surface area contributed by atoms with E-state index in [0.717, 1.165) is 27.3 Å². The van der Waals surface area contributed by atoms with Crippen LogP contribution in [-0.4, -0.2) is 36.3 Å². The van der Waals surface area contributed by atoms with Gasteiger partial charge in [-0.05, 0) is 37.6 Å². The number of imide groups is 1. The van der Waals surface area contributed by atoms with Gasteiger partial charge in [-0.25, -0.2) is 0 Å². The van der Waals surface area contributed by atoms with Crippen molar-refractivity contribution in [2.45, 2.75) is 26.3 Å². The van der Waals surface area contributed by atoms with Crippen LogP contribution in [0.15, 0.2) is 30.3 Å². The van der Waals surface area contributed by atoms with E-state index in [9.17, 15) is 14.4 Å². The predicted octanol–water partition coefficient (Wildman–Crippen LogP) is 2.78. The van der Waals surface area contributed by atoms with Crippen LogP contribution in [0.2, 0.25) is 0 Å². The highest BCUT2D eigenvalue weighted by Crippen LogP contribution is 2.36. The van der Waals surface area contributed by atoms with Gasteiger partial charge in [0.1, 0.15) is 5.75 Å². The highest BCUT2D eigenvalue weighted by molar-refractivity contribution is 6.21. The summed E-state index contributed by atoms with van der Waals surface area (Å²) < 4.78 is 5.79. The molecule has 6 nitrogen and oxygen atoms in total. The van der Waals surface area contributed by atoms with Crippen LogP contribution in [0.4, 0.5) is 0 Å². The van der Waals surface area contributed by atoms with Crippen LogP contribution in [0, 0.1) is 13.8 Å². The van der Waals surface area contributed by atoms with Gasteiger partial charge in [-0.3, -0.25) is 19.3 Å². The van der Waals surface area contributed by atoms with Crippen LogP contribution in [0.3, 0.4) is 0 Å². The smallest absolute Gasteiger partial charge is 0.261 e. The van der Waals surface area contributed by atoms with E-state index < -0.39 is 0 Å². The molecule has 0 aromatic heterocycles. The van der Waals surface area contributed by atoms with Gasteiger partial charge in [0.05, 0.1) is 23.8 Å². The van der Waals surface area contributed by atoms with Gasteiger partial charge >= 0.3 is 0 Å². The van der Waals surface area contributed by atoms with Crippen LogP contribution >= 0.6 is 0 Å². The van der Waals surface area contributed by atoms with Crippen molar-refractivity contribution in [3.05, 3.63) is 63.7 Å². The van der Waals surface area contributed by atoms with Crippen molar-refractivity contribution >= 4 is 17.7 Å². The van der Waals surface area contributed by atoms with Crippen LogP contribution in [0.1, 0.15) is 60.2 Å². The summed E-state index contributed by atoms with van der Waals surface area (Å²) in [5.41, 5.74) is 4.10. The molecule has 0 fully saturated rings. The Balaban J connectivity index is 1.62. The lowest BCUT2D eigenvalue weighted by atomic mass is 9.95. The van der Waals surface area contributed by atoms with Crippen molar-refractivity contribution in [1.29, 1.82) is 0 Å². The largest absolute Gasteiger partial charge is 0.493 e. The summed E-state index contributed by atoms with van der Waals surface area (Å²) >= 11 is 0. The average molecular weight is 364 g/mol. The molecule has 2 aliphatic rings. The van der Waals surface area contributed by atoms with E-state index in [1.165, 1.54) is 13.1 Å². The summed E-state index contributed by atoms with van der Waals surface area (Å²) in [6.45, 7) is 4.54. The first-order chi connectivity index (χ1) is 12.9. The van der Waals surface area contributed by atoms with Gasteiger partial charge in [0.15, 0.2) is 0 Å². The second-order valence-electron chi connectivity index (χ2n) is 7.09. The van der Waals surface area contributed by atoms with Crippen molar-refractivity contribution in [2.24, 2.45) is 0 Å². The minimum atomic E-state index is -0.382. The summed E-state index contributed by atoms with van der Waals surface area (Å²) in [6.07, 6.45) is 0.673. The molecule has 2 aromatic carbocycles. The molecule has 4 rings (SSSR count). The number of amides is 3. The van der Waals surface area contributed by atoms with Gasteiger partial charge in [0.2, 0.25) is 0 Å². The van der Waals surface area contributed by atoms with E-state index in [1.54, 1.807) is 12.1 Å². The number of aryl methyl sites for hydroxylation is 2. The molecular formula is C21H20N2O4. The van der Waals surface area contributed by atoms with Gasteiger partial charge in [-0.2, -0.15) is 0 Å². The van der Waals surface area contributed by atoms with E-state index in [0.29, 0.717) is 24.2 Å². The van der Waals surface area contributed by atoms with E-state index in [-0.39, 0.29) is 29.3 Å². The molecule has 0 spiro atoms. The van der Waals surface area contributed by atoms with Crippen LogP contribution in [-0.2, 0) is 0 Å². The quantitative estimate of drug-likeness (QED) is 0.832. The number of ether oxygens (including phenoxy) is 1. The van der Waals surface area contributed by atoms with Crippen molar-refractivity contribution < 1.29 is 19.1 Å². The fraction of sp³-hybridized carbons (Fsp3) is 0.286. The van der Waals surface area contributed by atoms with Gasteiger partial charge in [0.25, 0.3) is 17.7 Å². The number of benzene rings is 2. The van der Waals surface area contributed by atoms with E-state index in [2.05, 4.69) is 11.4 Å². The molecule has 0 bridgehead atoms. The highest BCUT2D eigenvalue weighted by Gasteiger charge is 2.33. The Bertz CT molecular complexity index is 996. The molecule has 2 aromatic rings. The van der Waals surface area contributed by atoms with Gasteiger partial charge in [-0.15, -0.1) is 0 Å². The van der Waals surface area contributed by atoms with Gasteiger partial charge < -0.3 is 10.1 Å². The first-order valence-electron chi connectivity index (χ1n) is 8.88. The molecule has 0 aliphatic carbocycles.